The summed E-state index contributed by atoms with van der Waals surface area (Å²) in [5.74, 6) is 0.663. The smallest absolute Gasteiger partial charge is 0.0625 e. The van der Waals surface area contributed by atoms with Crippen LogP contribution in [0.15, 0.2) is 18.5 Å². The van der Waals surface area contributed by atoms with Gasteiger partial charge < -0.3 is 10.8 Å². The summed E-state index contributed by atoms with van der Waals surface area (Å²) in [7, 11) is 0. The lowest BCUT2D eigenvalue weighted by Gasteiger charge is -2.12. The zero-order valence-corrected chi connectivity index (χ0v) is 7.48. The minimum atomic E-state index is -0.274. The molecule has 3 nitrogen and oxygen atoms in total. The molecule has 13 heavy (non-hydrogen) atoms. The van der Waals surface area contributed by atoms with Crippen LogP contribution in [0.25, 0.3) is 0 Å². The maximum atomic E-state index is 8.96. The van der Waals surface area contributed by atoms with Crippen molar-refractivity contribution in [2.45, 2.75) is 24.8 Å². The minimum Gasteiger partial charge on any atom is -0.394 e. The van der Waals surface area contributed by atoms with Gasteiger partial charge >= 0.3 is 0 Å². The number of aliphatic hydroxyl groups is 1. The highest BCUT2D eigenvalue weighted by molar-refractivity contribution is 5.32. The van der Waals surface area contributed by atoms with E-state index in [-0.39, 0.29) is 12.6 Å². The molecule has 0 amide bonds. The summed E-state index contributed by atoms with van der Waals surface area (Å²) in [4.78, 5) is 4.03. The van der Waals surface area contributed by atoms with Crippen molar-refractivity contribution in [3.8, 4) is 0 Å². The zero-order chi connectivity index (χ0) is 9.26. The van der Waals surface area contributed by atoms with Gasteiger partial charge in [0.15, 0.2) is 0 Å². The van der Waals surface area contributed by atoms with Gasteiger partial charge in [-0.25, -0.2) is 0 Å². The van der Waals surface area contributed by atoms with Gasteiger partial charge in [0, 0.05) is 12.4 Å². The monoisotopic (exact) mass is 178 g/mol. The molecule has 1 unspecified atom stereocenters. The number of hydrogen-bond acceptors (Lipinski definition) is 3. The highest BCUT2D eigenvalue weighted by Crippen LogP contribution is 2.42. The normalized spacial score (nSPS) is 18.6. The van der Waals surface area contributed by atoms with Gasteiger partial charge in [-0.2, -0.15) is 0 Å². The summed E-state index contributed by atoms with van der Waals surface area (Å²) >= 11 is 0. The molecule has 1 aliphatic rings. The molecule has 70 valence electrons. The highest BCUT2D eigenvalue weighted by atomic mass is 16.3. The van der Waals surface area contributed by atoms with Crippen molar-refractivity contribution in [2.24, 2.45) is 5.73 Å². The van der Waals surface area contributed by atoms with E-state index in [9.17, 15) is 0 Å². The molecule has 1 saturated carbocycles. The van der Waals surface area contributed by atoms with Crippen LogP contribution in [0.1, 0.15) is 35.9 Å². The Hall–Kier alpha value is -0.930. The highest BCUT2D eigenvalue weighted by Gasteiger charge is 2.27. The van der Waals surface area contributed by atoms with E-state index in [0.717, 1.165) is 5.56 Å². The number of aliphatic hydroxyl groups excluding tert-OH is 1. The third kappa shape index (κ3) is 1.71. The number of aromatic nitrogens is 1. The minimum absolute atomic E-state index is 0.00852. The molecule has 3 N–H and O–H groups in total. The van der Waals surface area contributed by atoms with E-state index in [4.69, 9.17) is 10.8 Å². The first kappa shape index (κ1) is 8.66. The zero-order valence-electron chi connectivity index (χ0n) is 7.48. The topological polar surface area (TPSA) is 59.1 Å². The molecule has 0 radical (unpaired) electrons. The fraction of sp³-hybridized carbons (Fsp3) is 0.500. The number of nitrogens with two attached hydrogens (primary N) is 1. The van der Waals surface area contributed by atoms with E-state index in [1.54, 1.807) is 12.4 Å². The van der Waals surface area contributed by atoms with Gasteiger partial charge in [-0.05, 0) is 36.0 Å². The Morgan fingerprint density at radius 3 is 3.00 bits per heavy atom. The Balaban J connectivity index is 2.31. The Morgan fingerprint density at radius 2 is 2.38 bits per heavy atom. The van der Waals surface area contributed by atoms with Gasteiger partial charge in [-0.3, -0.25) is 4.98 Å². The van der Waals surface area contributed by atoms with Crippen molar-refractivity contribution in [2.75, 3.05) is 6.61 Å². The molecule has 1 heterocycles. The van der Waals surface area contributed by atoms with Crippen LogP contribution >= 0.6 is 0 Å². The molecule has 1 aliphatic carbocycles. The van der Waals surface area contributed by atoms with Crippen molar-refractivity contribution in [1.29, 1.82) is 0 Å². The third-order valence-corrected chi connectivity index (χ3v) is 2.50. The first-order valence-corrected chi connectivity index (χ1v) is 4.63. The summed E-state index contributed by atoms with van der Waals surface area (Å²) < 4.78 is 0. The molecule has 2 rings (SSSR count). The second-order valence-electron chi connectivity index (χ2n) is 3.57. The van der Waals surface area contributed by atoms with Crippen LogP contribution in [0.4, 0.5) is 0 Å². The average Bonchev–Trinajstić information content (AvgIpc) is 3.00. The molecule has 0 spiro atoms. The first-order chi connectivity index (χ1) is 6.33. The Labute approximate surface area is 77.6 Å². The average molecular weight is 178 g/mol. The summed E-state index contributed by atoms with van der Waals surface area (Å²) in [6.45, 7) is -0.00852. The number of pyridine rings is 1. The van der Waals surface area contributed by atoms with E-state index in [0.29, 0.717) is 5.92 Å². The Bertz CT molecular complexity index is 297. The van der Waals surface area contributed by atoms with Gasteiger partial charge in [-0.1, -0.05) is 0 Å². The van der Waals surface area contributed by atoms with Gasteiger partial charge in [0.25, 0.3) is 0 Å². The van der Waals surface area contributed by atoms with Crippen LogP contribution in [0.2, 0.25) is 0 Å². The molecule has 0 aromatic carbocycles. The predicted octanol–water partition coefficient (Wildman–Crippen LogP) is 0.951. The standard InChI is InChI=1S/C10H14N2O/c11-10(6-13)9-5-12-4-3-8(9)7-1-2-7/h3-5,7,10,13H,1-2,6,11H2. The SMILES string of the molecule is NC(CO)c1cnccc1C1CC1. The van der Waals surface area contributed by atoms with Crippen molar-refractivity contribution >= 4 is 0 Å². The molecule has 1 atom stereocenters. The number of hydrogen-bond donors (Lipinski definition) is 2. The maximum Gasteiger partial charge on any atom is 0.0625 e. The molecular formula is C10H14N2O. The molecule has 1 aromatic heterocycles. The van der Waals surface area contributed by atoms with E-state index in [1.807, 2.05) is 6.07 Å². The fourth-order valence-electron chi connectivity index (χ4n) is 1.59. The Kier molecular flexibility index (Phi) is 2.29. The van der Waals surface area contributed by atoms with E-state index >= 15 is 0 Å². The van der Waals surface area contributed by atoms with Gasteiger partial charge in [0.1, 0.15) is 0 Å². The fourth-order valence-corrected chi connectivity index (χ4v) is 1.59. The van der Waals surface area contributed by atoms with E-state index < -0.39 is 0 Å². The maximum absolute atomic E-state index is 8.96. The molecule has 1 aromatic rings. The van der Waals surface area contributed by atoms with Crippen molar-refractivity contribution in [1.82, 2.24) is 4.98 Å². The van der Waals surface area contributed by atoms with E-state index in [1.165, 1.54) is 18.4 Å². The van der Waals surface area contributed by atoms with Crippen LogP contribution < -0.4 is 5.73 Å². The van der Waals surface area contributed by atoms with Crippen molar-refractivity contribution in [3.05, 3.63) is 29.6 Å². The van der Waals surface area contributed by atoms with Gasteiger partial charge in [-0.15, -0.1) is 0 Å². The second kappa shape index (κ2) is 3.44. The Morgan fingerprint density at radius 1 is 1.62 bits per heavy atom. The van der Waals surface area contributed by atoms with Gasteiger partial charge in [0.2, 0.25) is 0 Å². The largest absolute Gasteiger partial charge is 0.394 e. The summed E-state index contributed by atoms with van der Waals surface area (Å²) in [6.07, 6.45) is 6.06. The third-order valence-electron chi connectivity index (χ3n) is 2.50. The molecule has 0 aliphatic heterocycles. The van der Waals surface area contributed by atoms with Crippen molar-refractivity contribution in [3.63, 3.8) is 0 Å². The summed E-state index contributed by atoms with van der Waals surface area (Å²) in [5, 5.41) is 8.96. The van der Waals surface area contributed by atoms with Crippen LogP contribution in [0.3, 0.4) is 0 Å². The summed E-state index contributed by atoms with van der Waals surface area (Å²) in [5.41, 5.74) is 8.05. The lowest BCUT2D eigenvalue weighted by atomic mass is 10.0. The van der Waals surface area contributed by atoms with Crippen LogP contribution in [-0.2, 0) is 0 Å². The molecular weight excluding hydrogens is 164 g/mol. The lowest BCUT2D eigenvalue weighted by molar-refractivity contribution is 0.267. The van der Waals surface area contributed by atoms with Crippen LogP contribution in [0.5, 0.6) is 0 Å². The molecule has 3 heteroatoms. The van der Waals surface area contributed by atoms with E-state index in [2.05, 4.69) is 4.98 Å². The van der Waals surface area contributed by atoms with Crippen LogP contribution in [-0.4, -0.2) is 16.7 Å². The van der Waals surface area contributed by atoms with Crippen molar-refractivity contribution < 1.29 is 5.11 Å². The molecule has 0 bridgehead atoms. The predicted molar refractivity (Wildman–Crippen MR) is 50.2 cm³/mol. The van der Waals surface area contributed by atoms with Gasteiger partial charge in [0.05, 0.1) is 12.6 Å². The first-order valence-electron chi connectivity index (χ1n) is 4.63. The quantitative estimate of drug-likeness (QED) is 0.724. The number of nitrogens with zero attached hydrogens (tertiary/aromatic N) is 1. The number of rotatable bonds is 3. The second-order valence-corrected chi connectivity index (χ2v) is 3.57. The van der Waals surface area contributed by atoms with Crippen LogP contribution in [0, 0.1) is 0 Å². The molecule has 1 fully saturated rings. The lowest BCUT2D eigenvalue weighted by Crippen LogP contribution is -2.16. The molecule has 0 saturated heterocycles. The summed E-state index contributed by atoms with van der Waals surface area (Å²) in [6, 6.07) is 1.74.